The average Bonchev–Trinajstić information content (AvgIpc) is 3.09. The van der Waals surface area contributed by atoms with E-state index in [4.69, 9.17) is 0 Å². The largest absolute Gasteiger partial charge is 0.306 e. The Morgan fingerprint density at radius 2 is 2.05 bits per heavy atom. The van der Waals surface area contributed by atoms with Crippen LogP contribution in [0.2, 0.25) is 0 Å². The molecule has 1 unspecified atom stereocenters. The average molecular weight is 256 g/mol. The molecule has 4 nitrogen and oxygen atoms in total. The van der Waals surface area contributed by atoms with Crippen molar-refractivity contribution in [3.63, 3.8) is 0 Å². The molecule has 1 atom stereocenters. The Bertz CT molecular complexity index is 538. The van der Waals surface area contributed by atoms with Gasteiger partial charge in [-0.15, -0.1) is 5.10 Å². The lowest BCUT2D eigenvalue weighted by atomic mass is 9.82. The van der Waals surface area contributed by atoms with Crippen molar-refractivity contribution in [2.75, 3.05) is 6.54 Å². The van der Waals surface area contributed by atoms with Gasteiger partial charge in [0, 0.05) is 0 Å². The molecule has 3 rings (SSSR count). The van der Waals surface area contributed by atoms with Gasteiger partial charge in [0.15, 0.2) is 0 Å². The second-order valence-electron chi connectivity index (χ2n) is 5.52. The summed E-state index contributed by atoms with van der Waals surface area (Å²) in [5.41, 5.74) is 2.24. The van der Waals surface area contributed by atoms with E-state index in [1.54, 1.807) is 0 Å². The van der Waals surface area contributed by atoms with Crippen LogP contribution >= 0.6 is 0 Å². The van der Waals surface area contributed by atoms with Gasteiger partial charge in [-0.1, -0.05) is 37.3 Å². The van der Waals surface area contributed by atoms with Crippen molar-refractivity contribution in [1.82, 2.24) is 20.3 Å². The summed E-state index contributed by atoms with van der Waals surface area (Å²) in [5.74, 6) is 0.510. The molecule has 0 bridgehead atoms. The van der Waals surface area contributed by atoms with Gasteiger partial charge in [0.25, 0.3) is 0 Å². The molecule has 100 valence electrons. The van der Waals surface area contributed by atoms with Gasteiger partial charge in [-0.05, 0) is 37.4 Å². The highest BCUT2D eigenvalue weighted by Crippen LogP contribution is 2.37. The highest BCUT2D eigenvalue weighted by atomic mass is 15.4. The lowest BCUT2D eigenvalue weighted by Crippen LogP contribution is -2.43. The molecular formula is C15H20N4. The summed E-state index contributed by atoms with van der Waals surface area (Å²) in [6, 6.07) is 10.2. The Kier molecular flexibility index (Phi) is 3.11. The lowest BCUT2D eigenvalue weighted by molar-refractivity contribution is 0.263. The van der Waals surface area contributed by atoms with Crippen molar-refractivity contribution in [1.29, 1.82) is 0 Å². The molecule has 1 N–H and O–H groups in total. The van der Waals surface area contributed by atoms with E-state index in [2.05, 4.69) is 41.6 Å². The first kappa shape index (κ1) is 12.4. The van der Waals surface area contributed by atoms with Crippen molar-refractivity contribution in [2.45, 2.75) is 32.2 Å². The molecule has 1 aliphatic heterocycles. The van der Waals surface area contributed by atoms with Crippen LogP contribution in [0.4, 0.5) is 0 Å². The first-order chi connectivity index (χ1) is 9.24. The smallest absolute Gasteiger partial charge is 0.0849 e. The molecule has 0 spiro atoms. The minimum atomic E-state index is -0.000653. The molecule has 1 aromatic carbocycles. The second kappa shape index (κ2) is 4.78. The van der Waals surface area contributed by atoms with Crippen LogP contribution in [0.3, 0.4) is 0 Å². The quantitative estimate of drug-likeness (QED) is 0.917. The van der Waals surface area contributed by atoms with Gasteiger partial charge in [0.05, 0.1) is 23.1 Å². The van der Waals surface area contributed by atoms with Crippen LogP contribution < -0.4 is 5.32 Å². The van der Waals surface area contributed by atoms with Crippen LogP contribution in [-0.2, 0) is 5.54 Å². The van der Waals surface area contributed by atoms with Gasteiger partial charge in [-0.2, -0.15) is 0 Å². The van der Waals surface area contributed by atoms with Crippen LogP contribution in [0, 0.1) is 5.92 Å². The van der Waals surface area contributed by atoms with Gasteiger partial charge in [-0.25, -0.2) is 4.68 Å². The number of rotatable bonds is 3. The van der Waals surface area contributed by atoms with E-state index in [1.807, 2.05) is 29.1 Å². The predicted octanol–water partition coefficient (Wildman–Crippen LogP) is 2.50. The summed E-state index contributed by atoms with van der Waals surface area (Å²) in [4.78, 5) is 0. The van der Waals surface area contributed by atoms with Crippen LogP contribution in [0.15, 0.2) is 36.5 Å². The standard InChI is InChI=1S/C15H20N4/c1-12(2)15(9-6-10-16-15)14-11-17-18-19(14)13-7-4-3-5-8-13/h3-5,7-8,11-12,16H,6,9-10H2,1-2H3. The zero-order valence-corrected chi connectivity index (χ0v) is 11.5. The van der Waals surface area contributed by atoms with E-state index < -0.39 is 0 Å². The Morgan fingerprint density at radius 3 is 2.68 bits per heavy atom. The molecule has 4 heteroatoms. The van der Waals surface area contributed by atoms with Crippen LogP contribution in [0.1, 0.15) is 32.4 Å². The number of para-hydroxylation sites is 1. The summed E-state index contributed by atoms with van der Waals surface area (Å²) < 4.78 is 1.97. The fraction of sp³-hybridized carbons (Fsp3) is 0.467. The molecule has 1 fully saturated rings. The lowest BCUT2D eigenvalue weighted by Gasteiger charge is -2.33. The Labute approximate surface area is 113 Å². The number of nitrogens with one attached hydrogen (secondary N) is 1. The van der Waals surface area contributed by atoms with Crippen molar-refractivity contribution < 1.29 is 0 Å². The monoisotopic (exact) mass is 256 g/mol. The van der Waals surface area contributed by atoms with Gasteiger partial charge >= 0.3 is 0 Å². The van der Waals surface area contributed by atoms with Crippen molar-refractivity contribution >= 4 is 0 Å². The first-order valence-corrected chi connectivity index (χ1v) is 6.96. The SMILES string of the molecule is CC(C)C1(c2cnnn2-c2ccccc2)CCCN1. The van der Waals surface area contributed by atoms with E-state index in [0.29, 0.717) is 5.92 Å². The topological polar surface area (TPSA) is 42.7 Å². The molecule has 19 heavy (non-hydrogen) atoms. The third kappa shape index (κ3) is 1.96. The highest BCUT2D eigenvalue weighted by Gasteiger charge is 2.41. The Hall–Kier alpha value is -1.68. The van der Waals surface area contributed by atoms with E-state index >= 15 is 0 Å². The third-order valence-electron chi connectivity index (χ3n) is 4.18. The summed E-state index contributed by atoms with van der Waals surface area (Å²) in [5, 5.41) is 12.1. The number of aromatic nitrogens is 3. The fourth-order valence-electron chi connectivity index (χ4n) is 3.07. The van der Waals surface area contributed by atoms with Gasteiger partial charge in [0.1, 0.15) is 0 Å². The molecule has 1 aliphatic rings. The van der Waals surface area contributed by atoms with Gasteiger partial charge in [-0.3, -0.25) is 0 Å². The van der Waals surface area contributed by atoms with E-state index in [0.717, 1.165) is 18.7 Å². The van der Waals surface area contributed by atoms with E-state index in [1.165, 1.54) is 12.1 Å². The summed E-state index contributed by atoms with van der Waals surface area (Å²) in [6.07, 6.45) is 4.26. The zero-order chi connectivity index (χ0) is 13.3. The molecule has 2 heterocycles. The van der Waals surface area contributed by atoms with Crippen molar-refractivity contribution in [3.8, 4) is 5.69 Å². The van der Waals surface area contributed by atoms with Gasteiger partial charge in [0.2, 0.25) is 0 Å². The molecule has 0 amide bonds. The number of benzene rings is 1. The molecule has 0 aliphatic carbocycles. The minimum Gasteiger partial charge on any atom is -0.306 e. The highest BCUT2D eigenvalue weighted by molar-refractivity contribution is 5.34. The second-order valence-corrected chi connectivity index (χ2v) is 5.52. The molecule has 2 aromatic rings. The molecule has 1 saturated heterocycles. The maximum atomic E-state index is 4.29. The van der Waals surface area contributed by atoms with Crippen LogP contribution in [0.5, 0.6) is 0 Å². The maximum Gasteiger partial charge on any atom is 0.0849 e. The molecular weight excluding hydrogens is 236 g/mol. The first-order valence-electron chi connectivity index (χ1n) is 6.96. The normalized spacial score (nSPS) is 23.1. The fourth-order valence-corrected chi connectivity index (χ4v) is 3.07. The summed E-state index contributed by atoms with van der Waals surface area (Å²) >= 11 is 0. The van der Waals surface area contributed by atoms with Crippen LogP contribution in [-0.4, -0.2) is 21.5 Å². The van der Waals surface area contributed by atoms with Crippen molar-refractivity contribution in [3.05, 3.63) is 42.2 Å². The minimum absolute atomic E-state index is 0.000653. The Balaban J connectivity index is 2.09. The summed E-state index contributed by atoms with van der Waals surface area (Å²) in [7, 11) is 0. The number of hydrogen-bond acceptors (Lipinski definition) is 3. The predicted molar refractivity (Wildman–Crippen MR) is 75.1 cm³/mol. The zero-order valence-electron chi connectivity index (χ0n) is 11.5. The Morgan fingerprint density at radius 1 is 1.26 bits per heavy atom. The summed E-state index contributed by atoms with van der Waals surface area (Å²) in [6.45, 7) is 5.60. The number of nitrogens with zero attached hydrogens (tertiary/aromatic N) is 3. The third-order valence-corrected chi connectivity index (χ3v) is 4.18. The van der Waals surface area contributed by atoms with E-state index in [9.17, 15) is 0 Å². The van der Waals surface area contributed by atoms with Gasteiger partial charge < -0.3 is 5.32 Å². The molecule has 0 radical (unpaired) electrons. The van der Waals surface area contributed by atoms with Crippen molar-refractivity contribution in [2.24, 2.45) is 5.92 Å². The van der Waals surface area contributed by atoms with Crippen LogP contribution in [0.25, 0.3) is 5.69 Å². The number of hydrogen-bond donors (Lipinski definition) is 1. The molecule has 0 saturated carbocycles. The maximum absolute atomic E-state index is 4.29. The van der Waals surface area contributed by atoms with E-state index in [-0.39, 0.29) is 5.54 Å². The molecule has 1 aromatic heterocycles.